The summed E-state index contributed by atoms with van der Waals surface area (Å²) < 4.78 is 10.4. The van der Waals surface area contributed by atoms with Crippen molar-refractivity contribution >= 4 is 23.3 Å². The lowest BCUT2D eigenvalue weighted by Crippen LogP contribution is -2.41. The van der Waals surface area contributed by atoms with Crippen LogP contribution in [0.4, 0.5) is 5.69 Å². The molecule has 0 N–H and O–H groups in total. The van der Waals surface area contributed by atoms with Crippen LogP contribution in [0.1, 0.15) is 0 Å². The van der Waals surface area contributed by atoms with E-state index in [4.69, 9.17) is 21.2 Å². The lowest BCUT2D eigenvalue weighted by molar-refractivity contribution is -0.884. The van der Waals surface area contributed by atoms with E-state index >= 15 is 0 Å². The van der Waals surface area contributed by atoms with Gasteiger partial charge in [-0.3, -0.25) is 15.0 Å². The highest BCUT2D eigenvalue weighted by molar-refractivity contribution is 6.28. The third kappa shape index (κ3) is 3.20. The summed E-state index contributed by atoms with van der Waals surface area (Å²) in [5.74, 6) is -0.820. The largest absolute Gasteiger partial charge is 0.471 e. The SMILES string of the molecule is COC(=O)COc1c[n+](OC)c(Cl)cc1[N+](=O)[O-]. The number of aromatic nitrogens is 1. The highest BCUT2D eigenvalue weighted by Gasteiger charge is 2.26. The molecule has 0 aliphatic rings. The molecule has 0 amide bonds. The van der Waals surface area contributed by atoms with Crippen LogP contribution in [0, 0.1) is 10.1 Å². The summed E-state index contributed by atoms with van der Waals surface area (Å²) in [5.41, 5.74) is -0.378. The topological polar surface area (TPSA) is 91.8 Å². The number of nitro groups is 1. The molecule has 98 valence electrons. The number of methoxy groups -OCH3 is 1. The maximum Gasteiger partial charge on any atom is 0.343 e. The molecule has 0 fully saturated rings. The van der Waals surface area contributed by atoms with Crippen molar-refractivity contribution in [3.05, 3.63) is 27.5 Å². The van der Waals surface area contributed by atoms with Crippen LogP contribution in [0.25, 0.3) is 0 Å². The summed E-state index contributed by atoms with van der Waals surface area (Å²) in [4.78, 5) is 25.8. The maximum atomic E-state index is 10.9. The molecule has 0 aromatic carbocycles. The molecule has 0 saturated carbocycles. The lowest BCUT2D eigenvalue weighted by atomic mass is 10.4. The Morgan fingerprint density at radius 2 is 2.22 bits per heavy atom. The van der Waals surface area contributed by atoms with E-state index in [1.54, 1.807) is 0 Å². The summed E-state index contributed by atoms with van der Waals surface area (Å²) in [5, 5.41) is 10.8. The number of carbonyl (C=O) groups is 1. The summed E-state index contributed by atoms with van der Waals surface area (Å²) in [6, 6.07) is 1.05. The molecule has 9 heteroatoms. The van der Waals surface area contributed by atoms with Gasteiger partial charge in [-0.05, 0) is 11.6 Å². The van der Waals surface area contributed by atoms with Gasteiger partial charge in [0.1, 0.15) is 13.2 Å². The van der Waals surface area contributed by atoms with Gasteiger partial charge in [0.05, 0.1) is 12.0 Å². The van der Waals surface area contributed by atoms with Crippen LogP contribution in [0.5, 0.6) is 5.75 Å². The van der Waals surface area contributed by atoms with E-state index in [9.17, 15) is 14.9 Å². The van der Waals surface area contributed by atoms with E-state index in [0.717, 1.165) is 17.0 Å². The Morgan fingerprint density at radius 1 is 1.56 bits per heavy atom. The summed E-state index contributed by atoms with van der Waals surface area (Å²) in [6.07, 6.45) is 1.16. The Labute approximate surface area is 107 Å². The minimum absolute atomic E-state index is 0.00498. The van der Waals surface area contributed by atoms with Crippen LogP contribution in [-0.4, -0.2) is 31.7 Å². The molecule has 8 nitrogen and oxygen atoms in total. The van der Waals surface area contributed by atoms with Crippen LogP contribution in [0.2, 0.25) is 5.15 Å². The second-order valence-electron chi connectivity index (χ2n) is 2.98. The predicted octanol–water partition coefficient (Wildman–Crippen LogP) is 0.146. The predicted molar refractivity (Wildman–Crippen MR) is 58.3 cm³/mol. The average Bonchev–Trinajstić information content (AvgIpc) is 2.36. The first kappa shape index (κ1) is 14.0. The molecule has 0 radical (unpaired) electrons. The van der Waals surface area contributed by atoms with E-state index in [2.05, 4.69) is 4.74 Å². The van der Waals surface area contributed by atoms with E-state index in [-0.39, 0.29) is 16.6 Å². The van der Waals surface area contributed by atoms with Gasteiger partial charge < -0.3 is 9.47 Å². The molecular formula is C9H10ClN2O6+. The van der Waals surface area contributed by atoms with Crippen molar-refractivity contribution < 1.29 is 28.8 Å². The monoisotopic (exact) mass is 277 g/mol. The molecule has 0 aliphatic heterocycles. The van der Waals surface area contributed by atoms with E-state index in [1.165, 1.54) is 14.2 Å². The van der Waals surface area contributed by atoms with Crippen molar-refractivity contribution in [2.45, 2.75) is 0 Å². The highest BCUT2D eigenvalue weighted by atomic mass is 35.5. The minimum atomic E-state index is -0.682. The van der Waals surface area contributed by atoms with Gasteiger partial charge in [0.15, 0.2) is 6.61 Å². The summed E-state index contributed by atoms with van der Waals surface area (Å²) >= 11 is 5.72. The van der Waals surface area contributed by atoms with Crippen LogP contribution in [0.3, 0.4) is 0 Å². The zero-order valence-corrected chi connectivity index (χ0v) is 10.3. The number of nitrogens with zero attached hydrogens (tertiary/aromatic N) is 2. The second kappa shape index (κ2) is 6.01. The van der Waals surface area contributed by atoms with Gasteiger partial charge in [0.2, 0.25) is 0 Å². The van der Waals surface area contributed by atoms with E-state index < -0.39 is 17.5 Å². The smallest absolute Gasteiger partial charge is 0.343 e. The first-order valence-corrected chi connectivity index (χ1v) is 5.01. The molecule has 0 atom stereocenters. The Balaban J connectivity index is 3.06. The zero-order valence-electron chi connectivity index (χ0n) is 9.58. The first-order chi connectivity index (χ1) is 8.49. The number of rotatable bonds is 5. The van der Waals surface area contributed by atoms with Crippen molar-refractivity contribution in [2.75, 3.05) is 20.8 Å². The van der Waals surface area contributed by atoms with Crippen LogP contribution < -0.4 is 14.3 Å². The number of esters is 1. The molecule has 0 bridgehead atoms. The third-order valence-electron chi connectivity index (χ3n) is 1.92. The quantitative estimate of drug-likeness (QED) is 0.250. The fourth-order valence-electron chi connectivity index (χ4n) is 1.07. The number of pyridine rings is 1. The van der Waals surface area contributed by atoms with Gasteiger partial charge in [-0.25, -0.2) is 4.79 Å². The third-order valence-corrected chi connectivity index (χ3v) is 2.20. The molecule has 1 heterocycles. The fraction of sp³-hybridized carbons (Fsp3) is 0.333. The Morgan fingerprint density at radius 3 is 2.72 bits per heavy atom. The van der Waals surface area contributed by atoms with E-state index in [0.29, 0.717) is 0 Å². The van der Waals surface area contributed by atoms with Gasteiger partial charge in [-0.1, -0.05) is 0 Å². The zero-order chi connectivity index (χ0) is 13.7. The Bertz CT molecular complexity index is 478. The first-order valence-electron chi connectivity index (χ1n) is 4.63. The maximum absolute atomic E-state index is 10.9. The Hall–Kier alpha value is -2.09. The van der Waals surface area contributed by atoms with Crippen molar-refractivity contribution in [2.24, 2.45) is 0 Å². The van der Waals surface area contributed by atoms with Crippen LogP contribution in [0.15, 0.2) is 12.3 Å². The Kier molecular flexibility index (Phi) is 4.67. The van der Waals surface area contributed by atoms with Gasteiger partial charge in [-0.15, -0.1) is 0 Å². The standard InChI is InChI=1S/C9H10ClN2O6/c1-16-9(13)5-18-7-4-11(17-2)8(10)3-6(7)12(14)15/h3-4H,5H2,1-2H3/q+1. The van der Waals surface area contributed by atoms with Gasteiger partial charge in [-0.2, -0.15) is 0 Å². The normalized spacial score (nSPS) is 9.72. The van der Waals surface area contributed by atoms with Crippen molar-refractivity contribution in [3.8, 4) is 5.75 Å². The highest BCUT2D eigenvalue weighted by Crippen LogP contribution is 2.26. The number of hydrogen-bond donors (Lipinski definition) is 0. The number of hydrogen-bond acceptors (Lipinski definition) is 6. The van der Waals surface area contributed by atoms with E-state index in [1.807, 2.05) is 0 Å². The minimum Gasteiger partial charge on any atom is -0.471 e. The molecule has 0 aliphatic carbocycles. The van der Waals surface area contributed by atoms with Crippen LogP contribution >= 0.6 is 11.6 Å². The average molecular weight is 278 g/mol. The van der Waals surface area contributed by atoms with Crippen molar-refractivity contribution in [3.63, 3.8) is 0 Å². The fourth-order valence-corrected chi connectivity index (χ4v) is 1.29. The number of halogens is 1. The summed E-state index contributed by atoms with van der Waals surface area (Å²) in [7, 11) is 2.50. The molecule has 0 saturated heterocycles. The molecule has 1 aromatic heterocycles. The molecule has 0 unspecified atom stereocenters. The summed E-state index contributed by atoms with van der Waals surface area (Å²) in [6.45, 7) is -0.456. The van der Waals surface area contributed by atoms with Crippen molar-refractivity contribution in [1.29, 1.82) is 0 Å². The van der Waals surface area contributed by atoms with Gasteiger partial charge in [0.25, 0.3) is 11.9 Å². The van der Waals surface area contributed by atoms with Crippen molar-refractivity contribution in [1.82, 2.24) is 0 Å². The number of carbonyl (C=O) groups excluding carboxylic acids is 1. The molecule has 1 rings (SSSR count). The second-order valence-corrected chi connectivity index (χ2v) is 3.36. The van der Waals surface area contributed by atoms with Crippen LogP contribution in [-0.2, 0) is 9.53 Å². The molecular weight excluding hydrogens is 268 g/mol. The van der Waals surface area contributed by atoms with Gasteiger partial charge in [0, 0.05) is 4.73 Å². The molecule has 18 heavy (non-hydrogen) atoms. The number of ether oxygens (including phenoxy) is 2. The lowest BCUT2D eigenvalue weighted by Gasteiger charge is -2.04. The molecule has 1 aromatic rings. The van der Waals surface area contributed by atoms with Gasteiger partial charge >= 0.3 is 16.8 Å². The molecule has 0 spiro atoms.